The summed E-state index contributed by atoms with van der Waals surface area (Å²) in [6.07, 6.45) is 9.40. The standard InChI is InChI=1S/C22H17FN6O/c23-17-10-4-5-11-18(17)29-19(13-15-7-2-1-3-8-15)20(26-28-29)22-25-21(27-30-22)16-9-6-12-24-14-16/h1-12,14,17-18H,13H2. The van der Waals surface area contributed by atoms with E-state index in [1.54, 1.807) is 35.3 Å². The molecule has 1 aromatic carbocycles. The number of rotatable bonds is 5. The molecule has 1 aliphatic carbocycles. The molecule has 0 radical (unpaired) electrons. The summed E-state index contributed by atoms with van der Waals surface area (Å²) >= 11 is 0. The minimum Gasteiger partial charge on any atom is -0.332 e. The predicted molar refractivity (Wildman–Crippen MR) is 108 cm³/mol. The van der Waals surface area contributed by atoms with E-state index in [1.807, 2.05) is 42.5 Å². The highest BCUT2D eigenvalue weighted by Gasteiger charge is 2.28. The molecule has 0 amide bonds. The van der Waals surface area contributed by atoms with Crippen molar-refractivity contribution in [1.82, 2.24) is 30.1 Å². The molecule has 0 aliphatic heterocycles. The first-order valence-corrected chi connectivity index (χ1v) is 9.51. The number of halogens is 1. The minimum absolute atomic E-state index is 0.233. The summed E-state index contributed by atoms with van der Waals surface area (Å²) < 4.78 is 21.7. The Kier molecular flexibility index (Phi) is 4.72. The number of hydrogen-bond donors (Lipinski definition) is 0. The van der Waals surface area contributed by atoms with Crippen molar-refractivity contribution in [1.29, 1.82) is 0 Å². The molecule has 7 nitrogen and oxygen atoms in total. The molecule has 148 valence electrons. The molecule has 0 bridgehead atoms. The fourth-order valence-electron chi connectivity index (χ4n) is 3.39. The molecule has 0 spiro atoms. The molecule has 0 fully saturated rings. The summed E-state index contributed by atoms with van der Waals surface area (Å²) in [5.74, 6) is 0.638. The van der Waals surface area contributed by atoms with Gasteiger partial charge in [0, 0.05) is 24.4 Å². The second kappa shape index (κ2) is 7.82. The highest BCUT2D eigenvalue weighted by atomic mass is 19.1. The molecule has 8 heteroatoms. The average molecular weight is 400 g/mol. The number of nitrogens with zero attached hydrogens (tertiary/aromatic N) is 6. The van der Waals surface area contributed by atoms with Gasteiger partial charge in [-0.2, -0.15) is 4.98 Å². The van der Waals surface area contributed by atoms with Crippen molar-refractivity contribution in [2.45, 2.75) is 18.6 Å². The summed E-state index contributed by atoms with van der Waals surface area (Å²) in [5.41, 5.74) is 2.92. The monoisotopic (exact) mass is 400 g/mol. The molecule has 0 saturated carbocycles. The van der Waals surface area contributed by atoms with Crippen LogP contribution in [0.1, 0.15) is 17.3 Å². The lowest BCUT2D eigenvalue weighted by Gasteiger charge is -2.19. The van der Waals surface area contributed by atoms with E-state index in [-0.39, 0.29) is 5.89 Å². The minimum atomic E-state index is -1.20. The first kappa shape index (κ1) is 18.1. The van der Waals surface area contributed by atoms with Crippen LogP contribution in [-0.4, -0.2) is 36.3 Å². The van der Waals surface area contributed by atoms with Crippen LogP contribution in [-0.2, 0) is 6.42 Å². The Labute approximate surface area is 171 Å². The van der Waals surface area contributed by atoms with Crippen molar-refractivity contribution >= 4 is 0 Å². The van der Waals surface area contributed by atoms with E-state index in [1.165, 1.54) is 6.08 Å². The molecular weight excluding hydrogens is 383 g/mol. The summed E-state index contributed by atoms with van der Waals surface area (Å²) in [6.45, 7) is 0. The number of pyridine rings is 1. The van der Waals surface area contributed by atoms with Crippen LogP contribution in [0, 0.1) is 0 Å². The van der Waals surface area contributed by atoms with E-state index in [2.05, 4.69) is 25.4 Å². The molecule has 1 aliphatic rings. The van der Waals surface area contributed by atoms with Crippen LogP contribution in [0.2, 0.25) is 0 Å². The van der Waals surface area contributed by atoms with Gasteiger partial charge in [-0.05, 0) is 23.8 Å². The Morgan fingerprint density at radius 1 is 1.03 bits per heavy atom. The van der Waals surface area contributed by atoms with Crippen molar-refractivity contribution in [2.75, 3.05) is 0 Å². The Bertz CT molecular complexity index is 1200. The molecule has 0 saturated heterocycles. The highest BCUT2D eigenvalue weighted by molar-refractivity contribution is 5.58. The van der Waals surface area contributed by atoms with Gasteiger partial charge < -0.3 is 4.52 Å². The maximum Gasteiger partial charge on any atom is 0.280 e. The van der Waals surface area contributed by atoms with E-state index in [9.17, 15) is 4.39 Å². The topological polar surface area (TPSA) is 82.5 Å². The molecule has 0 N–H and O–H groups in total. The third-order valence-corrected chi connectivity index (χ3v) is 4.88. The second-order valence-corrected chi connectivity index (χ2v) is 6.86. The SMILES string of the molecule is FC1C=CC=CC1n1nnc(-c2nc(-c3cccnc3)no2)c1Cc1ccccc1. The summed E-state index contributed by atoms with van der Waals surface area (Å²) in [5, 5.41) is 12.6. The number of hydrogen-bond acceptors (Lipinski definition) is 6. The van der Waals surface area contributed by atoms with Crippen LogP contribution < -0.4 is 0 Å². The van der Waals surface area contributed by atoms with Gasteiger partial charge in [0.1, 0.15) is 12.2 Å². The third-order valence-electron chi connectivity index (χ3n) is 4.88. The van der Waals surface area contributed by atoms with Gasteiger partial charge >= 0.3 is 0 Å². The number of benzene rings is 1. The van der Waals surface area contributed by atoms with Gasteiger partial charge in [-0.3, -0.25) is 4.98 Å². The predicted octanol–water partition coefficient (Wildman–Crippen LogP) is 3.99. The van der Waals surface area contributed by atoms with Crippen LogP contribution >= 0.6 is 0 Å². The maximum atomic E-state index is 14.6. The Morgan fingerprint density at radius 3 is 2.70 bits per heavy atom. The van der Waals surface area contributed by atoms with Gasteiger partial charge in [0.2, 0.25) is 5.82 Å². The molecule has 3 aromatic heterocycles. The largest absolute Gasteiger partial charge is 0.332 e. The highest BCUT2D eigenvalue weighted by Crippen LogP contribution is 2.29. The lowest BCUT2D eigenvalue weighted by Crippen LogP contribution is -2.22. The van der Waals surface area contributed by atoms with Crippen molar-refractivity contribution < 1.29 is 8.91 Å². The first-order valence-electron chi connectivity index (χ1n) is 9.51. The molecule has 2 unspecified atom stereocenters. The smallest absolute Gasteiger partial charge is 0.280 e. The summed E-state index contributed by atoms with van der Waals surface area (Å²) in [6, 6.07) is 12.9. The second-order valence-electron chi connectivity index (χ2n) is 6.86. The van der Waals surface area contributed by atoms with Gasteiger partial charge in [0.25, 0.3) is 5.89 Å². The van der Waals surface area contributed by atoms with Crippen molar-refractivity contribution in [3.63, 3.8) is 0 Å². The van der Waals surface area contributed by atoms with Gasteiger partial charge in [0.05, 0.1) is 5.69 Å². The fourth-order valence-corrected chi connectivity index (χ4v) is 3.39. The summed E-state index contributed by atoms with van der Waals surface area (Å²) in [7, 11) is 0. The molecule has 5 rings (SSSR count). The Morgan fingerprint density at radius 2 is 1.90 bits per heavy atom. The van der Waals surface area contributed by atoms with Gasteiger partial charge in [-0.25, -0.2) is 9.07 Å². The molecular formula is C22H17FN6O. The third kappa shape index (κ3) is 3.43. The zero-order valence-electron chi connectivity index (χ0n) is 15.8. The quantitative estimate of drug-likeness (QED) is 0.504. The fraction of sp³-hybridized carbons (Fsp3) is 0.136. The zero-order valence-corrected chi connectivity index (χ0v) is 15.8. The van der Waals surface area contributed by atoms with E-state index >= 15 is 0 Å². The van der Waals surface area contributed by atoms with Crippen LogP contribution in [0.3, 0.4) is 0 Å². The lowest BCUT2D eigenvalue weighted by atomic mass is 10.0. The van der Waals surface area contributed by atoms with Gasteiger partial charge in [-0.1, -0.05) is 58.9 Å². The molecule has 2 atom stereocenters. The van der Waals surface area contributed by atoms with Crippen LogP contribution in [0.25, 0.3) is 23.0 Å². The van der Waals surface area contributed by atoms with Crippen molar-refractivity contribution in [2.24, 2.45) is 0 Å². The number of aromatic nitrogens is 6. The van der Waals surface area contributed by atoms with Crippen LogP contribution in [0.4, 0.5) is 4.39 Å². The number of allylic oxidation sites excluding steroid dienone is 4. The van der Waals surface area contributed by atoms with Gasteiger partial charge in [-0.15, -0.1) is 5.10 Å². The average Bonchev–Trinajstić information content (AvgIpc) is 3.43. The van der Waals surface area contributed by atoms with Crippen molar-refractivity contribution in [3.05, 3.63) is 90.4 Å². The zero-order chi connectivity index (χ0) is 20.3. The normalized spacial score (nSPS) is 18.0. The maximum absolute atomic E-state index is 14.6. The van der Waals surface area contributed by atoms with Crippen LogP contribution in [0.15, 0.2) is 83.7 Å². The van der Waals surface area contributed by atoms with E-state index in [0.717, 1.165) is 11.1 Å². The van der Waals surface area contributed by atoms with E-state index in [4.69, 9.17) is 4.52 Å². The van der Waals surface area contributed by atoms with Gasteiger partial charge in [0.15, 0.2) is 5.69 Å². The Balaban J connectivity index is 1.57. The van der Waals surface area contributed by atoms with E-state index < -0.39 is 12.2 Å². The molecule has 30 heavy (non-hydrogen) atoms. The molecule has 4 aromatic rings. The lowest BCUT2D eigenvalue weighted by molar-refractivity contribution is 0.294. The summed E-state index contributed by atoms with van der Waals surface area (Å²) in [4.78, 5) is 8.55. The van der Waals surface area contributed by atoms with Crippen LogP contribution in [0.5, 0.6) is 0 Å². The Hall–Kier alpha value is -3.94. The number of alkyl halides is 1. The van der Waals surface area contributed by atoms with E-state index in [0.29, 0.717) is 23.6 Å². The first-order chi connectivity index (χ1) is 14.8. The van der Waals surface area contributed by atoms with Crippen molar-refractivity contribution in [3.8, 4) is 23.0 Å². The molecule has 3 heterocycles.